The average Bonchev–Trinajstić information content (AvgIpc) is 2.38. The molecule has 0 saturated carbocycles. The van der Waals surface area contributed by atoms with E-state index in [1.165, 1.54) is 0 Å². The Bertz CT molecular complexity index is 611. The number of carbonyl (C=O) groups excluding carboxylic acids is 1. The molecule has 0 aliphatic rings. The lowest BCUT2D eigenvalue weighted by molar-refractivity contribution is -0.115. The number of amides is 1. The summed E-state index contributed by atoms with van der Waals surface area (Å²) in [4.78, 5) is 12.0. The van der Waals surface area contributed by atoms with Gasteiger partial charge in [0.2, 0.25) is 5.91 Å². The molecule has 20 heavy (non-hydrogen) atoms. The first-order valence-corrected chi connectivity index (χ1v) is 6.80. The number of anilines is 1. The minimum atomic E-state index is -0.174. The fourth-order valence-electron chi connectivity index (χ4n) is 2.00. The highest BCUT2D eigenvalue weighted by Gasteiger charge is 2.10. The lowest BCUT2D eigenvalue weighted by atomic mass is 10.1. The summed E-state index contributed by atoms with van der Waals surface area (Å²) in [6.45, 7) is 1.86. The molecule has 0 aliphatic carbocycles. The number of benzene rings is 2. The predicted octanol–water partition coefficient (Wildman–Crippen LogP) is 3.87. The van der Waals surface area contributed by atoms with Crippen LogP contribution in [0.25, 0.3) is 0 Å². The van der Waals surface area contributed by atoms with Gasteiger partial charge in [0, 0.05) is 5.69 Å². The van der Waals surface area contributed by atoms with Crippen LogP contribution in [0.15, 0.2) is 48.5 Å². The molecule has 0 aromatic heterocycles. The molecular formula is C16H16ClNO2. The van der Waals surface area contributed by atoms with Gasteiger partial charge in [-0.3, -0.25) is 4.79 Å². The minimum absolute atomic E-state index is 0.139. The van der Waals surface area contributed by atoms with Gasteiger partial charge in [-0.15, -0.1) is 11.6 Å². The smallest absolute Gasteiger partial charge is 0.228 e. The number of para-hydroxylation sites is 1. The van der Waals surface area contributed by atoms with Crippen molar-refractivity contribution in [2.45, 2.75) is 18.7 Å². The molecule has 2 aromatic rings. The van der Waals surface area contributed by atoms with Gasteiger partial charge in [-0.05, 0) is 36.2 Å². The SMILES string of the molecule is CC(Cl)c1ccccc1NC(=O)Cc1cccc(O)c1. The Balaban J connectivity index is 2.09. The third-order valence-corrected chi connectivity index (χ3v) is 3.17. The Kier molecular flexibility index (Phi) is 4.64. The van der Waals surface area contributed by atoms with Crippen LogP contribution in [0.3, 0.4) is 0 Å². The van der Waals surface area contributed by atoms with E-state index in [-0.39, 0.29) is 23.5 Å². The van der Waals surface area contributed by atoms with Gasteiger partial charge >= 0.3 is 0 Å². The standard InChI is InChI=1S/C16H16ClNO2/c1-11(17)14-7-2-3-8-15(14)18-16(20)10-12-5-4-6-13(19)9-12/h2-9,11,19H,10H2,1H3,(H,18,20). The van der Waals surface area contributed by atoms with Crippen molar-refractivity contribution in [1.82, 2.24) is 0 Å². The quantitative estimate of drug-likeness (QED) is 0.839. The molecule has 0 saturated heterocycles. The van der Waals surface area contributed by atoms with E-state index in [0.717, 1.165) is 16.8 Å². The Morgan fingerprint density at radius 2 is 2.00 bits per heavy atom. The molecule has 0 aliphatic heterocycles. The number of hydrogen-bond donors (Lipinski definition) is 2. The maximum absolute atomic E-state index is 12.0. The lowest BCUT2D eigenvalue weighted by Gasteiger charge is -2.12. The second-order valence-electron chi connectivity index (χ2n) is 4.60. The van der Waals surface area contributed by atoms with Crippen LogP contribution >= 0.6 is 11.6 Å². The highest BCUT2D eigenvalue weighted by molar-refractivity contribution is 6.21. The van der Waals surface area contributed by atoms with Crippen molar-refractivity contribution in [1.29, 1.82) is 0 Å². The maximum Gasteiger partial charge on any atom is 0.228 e. The zero-order valence-electron chi connectivity index (χ0n) is 11.1. The number of alkyl halides is 1. The lowest BCUT2D eigenvalue weighted by Crippen LogP contribution is -2.15. The van der Waals surface area contributed by atoms with E-state index in [4.69, 9.17) is 11.6 Å². The van der Waals surface area contributed by atoms with Crippen molar-refractivity contribution in [3.63, 3.8) is 0 Å². The van der Waals surface area contributed by atoms with E-state index in [0.29, 0.717) is 0 Å². The number of nitrogens with one attached hydrogen (secondary N) is 1. The fraction of sp³-hybridized carbons (Fsp3) is 0.188. The van der Waals surface area contributed by atoms with E-state index >= 15 is 0 Å². The van der Waals surface area contributed by atoms with Crippen molar-refractivity contribution in [3.8, 4) is 5.75 Å². The van der Waals surface area contributed by atoms with Gasteiger partial charge in [0.05, 0.1) is 11.8 Å². The van der Waals surface area contributed by atoms with E-state index in [1.54, 1.807) is 24.3 Å². The van der Waals surface area contributed by atoms with Crippen molar-refractivity contribution in [2.75, 3.05) is 5.32 Å². The van der Waals surface area contributed by atoms with Crippen molar-refractivity contribution in [2.24, 2.45) is 0 Å². The number of phenolic OH excluding ortho intramolecular Hbond substituents is 1. The monoisotopic (exact) mass is 289 g/mol. The summed E-state index contributed by atoms with van der Waals surface area (Å²) < 4.78 is 0. The van der Waals surface area contributed by atoms with Crippen molar-refractivity contribution in [3.05, 3.63) is 59.7 Å². The highest BCUT2D eigenvalue weighted by Crippen LogP contribution is 2.27. The van der Waals surface area contributed by atoms with Gasteiger partial charge in [-0.1, -0.05) is 30.3 Å². The van der Waals surface area contributed by atoms with Crippen LogP contribution < -0.4 is 5.32 Å². The number of halogens is 1. The van der Waals surface area contributed by atoms with Gasteiger partial charge in [-0.2, -0.15) is 0 Å². The fourth-order valence-corrected chi connectivity index (χ4v) is 2.19. The summed E-state index contributed by atoms with van der Waals surface area (Å²) in [6.07, 6.45) is 0.208. The van der Waals surface area contributed by atoms with E-state index in [1.807, 2.05) is 31.2 Å². The number of phenols is 1. The third kappa shape index (κ3) is 3.75. The largest absolute Gasteiger partial charge is 0.508 e. The highest BCUT2D eigenvalue weighted by atomic mass is 35.5. The molecule has 0 fully saturated rings. The van der Waals surface area contributed by atoms with Gasteiger partial charge in [-0.25, -0.2) is 0 Å². The number of hydrogen-bond acceptors (Lipinski definition) is 2. The zero-order chi connectivity index (χ0) is 14.5. The summed E-state index contributed by atoms with van der Waals surface area (Å²) >= 11 is 6.09. The summed E-state index contributed by atoms with van der Waals surface area (Å²) in [6, 6.07) is 14.1. The Hall–Kier alpha value is -2.00. The van der Waals surface area contributed by atoms with Crippen LogP contribution in [-0.4, -0.2) is 11.0 Å². The molecule has 1 unspecified atom stereocenters. The van der Waals surface area contributed by atoms with Crippen LogP contribution in [0.1, 0.15) is 23.4 Å². The van der Waals surface area contributed by atoms with Crippen LogP contribution in [0, 0.1) is 0 Å². The molecule has 0 radical (unpaired) electrons. The number of carbonyl (C=O) groups is 1. The van der Waals surface area contributed by atoms with Gasteiger partial charge in [0.25, 0.3) is 0 Å². The topological polar surface area (TPSA) is 49.3 Å². The molecule has 1 amide bonds. The first-order chi connectivity index (χ1) is 9.56. The molecule has 2 aromatic carbocycles. The molecule has 3 nitrogen and oxygen atoms in total. The molecule has 2 N–H and O–H groups in total. The molecule has 2 rings (SSSR count). The van der Waals surface area contributed by atoms with E-state index < -0.39 is 0 Å². The average molecular weight is 290 g/mol. The van der Waals surface area contributed by atoms with E-state index in [2.05, 4.69) is 5.32 Å². The molecule has 0 heterocycles. The van der Waals surface area contributed by atoms with Gasteiger partial charge in [0.15, 0.2) is 0 Å². The first kappa shape index (κ1) is 14.4. The number of aromatic hydroxyl groups is 1. The second kappa shape index (κ2) is 6.44. The molecule has 4 heteroatoms. The molecular weight excluding hydrogens is 274 g/mol. The van der Waals surface area contributed by atoms with Crippen molar-refractivity contribution >= 4 is 23.2 Å². The minimum Gasteiger partial charge on any atom is -0.508 e. The third-order valence-electron chi connectivity index (χ3n) is 2.94. The summed E-state index contributed by atoms with van der Waals surface area (Å²) in [5, 5.41) is 12.1. The second-order valence-corrected chi connectivity index (χ2v) is 5.25. The maximum atomic E-state index is 12.0. The Morgan fingerprint density at radius 3 is 2.70 bits per heavy atom. The molecule has 0 spiro atoms. The Labute approximate surface area is 123 Å². The summed E-state index contributed by atoms with van der Waals surface area (Å²) in [5.41, 5.74) is 2.37. The van der Waals surface area contributed by atoms with Gasteiger partial charge in [0.1, 0.15) is 5.75 Å². The Morgan fingerprint density at radius 1 is 1.25 bits per heavy atom. The zero-order valence-corrected chi connectivity index (χ0v) is 11.9. The molecule has 104 valence electrons. The number of rotatable bonds is 4. The molecule has 0 bridgehead atoms. The van der Waals surface area contributed by atoms with Crippen LogP contribution in [-0.2, 0) is 11.2 Å². The van der Waals surface area contributed by atoms with Crippen LogP contribution in [0.5, 0.6) is 5.75 Å². The summed E-state index contributed by atoms with van der Waals surface area (Å²) in [5.74, 6) is 0.0189. The van der Waals surface area contributed by atoms with Crippen LogP contribution in [0.2, 0.25) is 0 Å². The van der Waals surface area contributed by atoms with E-state index in [9.17, 15) is 9.90 Å². The first-order valence-electron chi connectivity index (χ1n) is 6.37. The normalized spacial score (nSPS) is 11.9. The van der Waals surface area contributed by atoms with Crippen molar-refractivity contribution < 1.29 is 9.90 Å². The van der Waals surface area contributed by atoms with Crippen LogP contribution in [0.4, 0.5) is 5.69 Å². The van der Waals surface area contributed by atoms with Gasteiger partial charge < -0.3 is 10.4 Å². The summed E-state index contributed by atoms with van der Waals surface area (Å²) in [7, 11) is 0. The molecule has 1 atom stereocenters. The predicted molar refractivity (Wildman–Crippen MR) is 81.2 cm³/mol.